The number of amides is 2. The third kappa shape index (κ3) is 5.19. The van der Waals surface area contributed by atoms with Crippen LogP contribution in [0.3, 0.4) is 0 Å². The Balaban J connectivity index is 1.29. The van der Waals surface area contributed by atoms with Crippen molar-refractivity contribution in [3.05, 3.63) is 89.5 Å². The topological polar surface area (TPSA) is 95.9 Å². The zero-order valence-corrected chi connectivity index (χ0v) is 19.7. The maximum atomic E-state index is 12.6. The molecule has 0 saturated heterocycles. The van der Waals surface area contributed by atoms with Crippen LogP contribution < -0.4 is 10.2 Å². The van der Waals surface area contributed by atoms with Gasteiger partial charge in [0, 0.05) is 25.4 Å². The molecular weight excluding hydrogens is 444 g/mol. The summed E-state index contributed by atoms with van der Waals surface area (Å²) in [5.74, 6) is -1.35. The van der Waals surface area contributed by atoms with Crippen molar-refractivity contribution in [3.8, 4) is 11.1 Å². The molecule has 0 saturated carbocycles. The molecule has 0 aromatic heterocycles. The monoisotopic (exact) mass is 472 g/mol. The first-order valence-corrected chi connectivity index (χ1v) is 11.6. The number of rotatable bonds is 8. The van der Waals surface area contributed by atoms with E-state index in [1.165, 1.54) is 11.0 Å². The molecule has 7 nitrogen and oxygen atoms in total. The number of nitrogens with zero attached hydrogens (tertiary/aromatic N) is 1. The number of anilines is 1. The van der Waals surface area contributed by atoms with E-state index in [-0.39, 0.29) is 36.5 Å². The van der Waals surface area contributed by atoms with Gasteiger partial charge in [0.25, 0.3) is 0 Å². The summed E-state index contributed by atoms with van der Waals surface area (Å²) in [5, 5.41) is 12.1. The highest BCUT2D eigenvalue weighted by atomic mass is 16.5. The molecule has 1 aliphatic rings. The predicted octanol–water partition coefficient (Wildman–Crippen LogP) is 5.06. The van der Waals surface area contributed by atoms with E-state index in [9.17, 15) is 19.5 Å². The lowest BCUT2D eigenvalue weighted by molar-refractivity contribution is -0.118. The lowest BCUT2D eigenvalue weighted by Gasteiger charge is -2.21. The first kappa shape index (κ1) is 24.0. The van der Waals surface area contributed by atoms with Crippen molar-refractivity contribution in [3.63, 3.8) is 0 Å². The number of carboxylic acids is 1. The zero-order valence-electron chi connectivity index (χ0n) is 19.7. The second kappa shape index (κ2) is 10.4. The van der Waals surface area contributed by atoms with E-state index in [0.29, 0.717) is 12.1 Å². The summed E-state index contributed by atoms with van der Waals surface area (Å²) in [6.45, 7) is 2.03. The highest BCUT2D eigenvalue weighted by Crippen LogP contribution is 2.44. The number of benzene rings is 3. The van der Waals surface area contributed by atoms with Gasteiger partial charge in [-0.05, 0) is 47.7 Å². The van der Waals surface area contributed by atoms with Crippen molar-refractivity contribution in [2.75, 3.05) is 18.6 Å². The minimum absolute atomic E-state index is 0.0204. The lowest BCUT2D eigenvalue weighted by atomic mass is 9.98. The molecule has 1 atom stereocenters. The number of para-hydroxylation sites is 1. The van der Waals surface area contributed by atoms with Crippen molar-refractivity contribution < 1.29 is 24.2 Å². The van der Waals surface area contributed by atoms with Crippen molar-refractivity contribution in [2.45, 2.75) is 31.7 Å². The average molecular weight is 473 g/mol. The minimum Gasteiger partial charge on any atom is -0.478 e. The molecule has 2 amide bonds. The number of nitrogens with one attached hydrogen (secondary N) is 1. The Morgan fingerprint density at radius 1 is 0.943 bits per heavy atom. The van der Waals surface area contributed by atoms with Crippen LogP contribution in [-0.4, -0.2) is 42.8 Å². The summed E-state index contributed by atoms with van der Waals surface area (Å²) >= 11 is 0. The summed E-state index contributed by atoms with van der Waals surface area (Å²) in [7, 11) is 1.55. The van der Waals surface area contributed by atoms with E-state index in [1.54, 1.807) is 32.2 Å². The van der Waals surface area contributed by atoms with E-state index in [2.05, 4.69) is 29.6 Å². The number of carbonyl (C=O) groups is 3. The number of hydrogen-bond donors (Lipinski definition) is 2. The van der Waals surface area contributed by atoms with Gasteiger partial charge in [-0.15, -0.1) is 0 Å². The Morgan fingerprint density at radius 3 is 2.14 bits per heavy atom. The van der Waals surface area contributed by atoms with Crippen LogP contribution in [0.2, 0.25) is 0 Å². The van der Waals surface area contributed by atoms with Crippen LogP contribution in [0.4, 0.5) is 10.5 Å². The lowest BCUT2D eigenvalue weighted by Crippen LogP contribution is -2.35. The van der Waals surface area contributed by atoms with Gasteiger partial charge in [0.05, 0.1) is 11.3 Å². The summed E-state index contributed by atoms with van der Waals surface area (Å²) in [6, 6.07) is 22.4. The predicted molar refractivity (Wildman–Crippen MR) is 134 cm³/mol. The highest BCUT2D eigenvalue weighted by molar-refractivity contribution is 6.01. The van der Waals surface area contributed by atoms with Gasteiger partial charge in [-0.1, -0.05) is 60.7 Å². The van der Waals surface area contributed by atoms with Gasteiger partial charge in [0.15, 0.2) is 0 Å². The van der Waals surface area contributed by atoms with Crippen LogP contribution in [0.25, 0.3) is 11.1 Å². The molecule has 0 spiro atoms. The molecule has 180 valence electrons. The highest BCUT2D eigenvalue weighted by Gasteiger charge is 2.29. The van der Waals surface area contributed by atoms with Crippen molar-refractivity contribution in [1.29, 1.82) is 0 Å². The largest absolute Gasteiger partial charge is 0.478 e. The molecule has 0 radical (unpaired) electrons. The number of hydrogen-bond acceptors (Lipinski definition) is 4. The van der Waals surface area contributed by atoms with E-state index >= 15 is 0 Å². The molecular formula is C28H28N2O5. The number of fused-ring (bicyclic) bond motifs is 3. The first-order valence-electron chi connectivity index (χ1n) is 11.6. The van der Waals surface area contributed by atoms with Crippen LogP contribution in [-0.2, 0) is 9.53 Å². The van der Waals surface area contributed by atoms with Crippen molar-refractivity contribution in [1.82, 2.24) is 5.32 Å². The van der Waals surface area contributed by atoms with Gasteiger partial charge in [0.2, 0.25) is 5.91 Å². The van der Waals surface area contributed by atoms with E-state index in [4.69, 9.17) is 4.74 Å². The van der Waals surface area contributed by atoms with Crippen LogP contribution in [0.15, 0.2) is 72.8 Å². The minimum atomic E-state index is -1.09. The van der Waals surface area contributed by atoms with Crippen LogP contribution in [0, 0.1) is 0 Å². The molecule has 0 aliphatic heterocycles. The summed E-state index contributed by atoms with van der Waals surface area (Å²) in [4.78, 5) is 37.9. The van der Waals surface area contributed by atoms with E-state index in [1.807, 2.05) is 24.3 Å². The molecule has 35 heavy (non-hydrogen) atoms. The van der Waals surface area contributed by atoms with Gasteiger partial charge in [0.1, 0.15) is 6.61 Å². The number of alkyl carbamates (subject to hydrolysis) is 1. The zero-order chi connectivity index (χ0) is 24.9. The maximum Gasteiger partial charge on any atom is 0.407 e. The molecule has 3 aromatic rings. The first-order chi connectivity index (χ1) is 16.9. The summed E-state index contributed by atoms with van der Waals surface area (Å²) < 4.78 is 5.57. The molecule has 4 rings (SSSR count). The Bertz CT molecular complexity index is 1210. The van der Waals surface area contributed by atoms with Crippen LogP contribution >= 0.6 is 0 Å². The molecule has 0 heterocycles. The van der Waals surface area contributed by atoms with Crippen molar-refractivity contribution >= 4 is 23.7 Å². The fraction of sp³-hybridized carbons (Fsp3) is 0.250. The number of carboxylic acid groups (broad SMARTS) is 1. The average Bonchev–Trinajstić information content (AvgIpc) is 3.19. The van der Waals surface area contributed by atoms with Gasteiger partial charge in [-0.2, -0.15) is 0 Å². The molecule has 1 aliphatic carbocycles. The Morgan fingerprint density at radius 2 is 1.51 bits per heavy atom. The van der Waals surface area contributed by atoms with Crippen molar-refractivity contribution in [2.24, 2.45) is 0 Å². The molecule has 0 bridgehead atoms. The fourth-order valence-corrected chi connectivity index (χ4v) is 4.50. The van der Waals surface area contributed by atoms with E-state index in [0.717, 1.165) is 22.3 Å². The van der Waals surface area contributed by atoms with Gasteiger partial charge in [-0.25, -0.2) is 9.59 Å². The Labute approximate surface area is 204 Å². The standard InChI is InChI=1S/C28H28N2O5/c1-18(15-16-26(31)30(2)25-14-8-7-13-23(25)27(32)33)29-28(34)35-17-24-21-11-5-3-9-19(21)20-10-4-6-12-22(20)24/h3-14,18,24H,15-17H2,1-2H3,(H,29,34)(H,32,33). The molecule has 1 unspecified atom stereocenters. The quantitative estimate of drug-likeness (QED) is 0.478. The molecule has 0 fully saturated rings. The second-order valence-corrected chi connectivity index (χ2v) is 8.68. The molecule has 3 aromatic carbocycles. The van der Waals surface area contributed by atoms with Gasteiger partial charge < -0.3 is 20.1 Å². The smallest absolute Gasteiger partial charge is 0.407 e. The van der Waals surface area contributed by atoms with Gasteiger partial charge in [-0.3, -0.25) is 4.79 Å². The molecule has 7 heteroatoms. The third-order valence-corrected chi connectivity index (χ3v) is 6.37. The van der Waals surface area contributed by atoms with E-state index < -0.39 is 12.1 Å². The Kier molecular flexibility index (Phi) is 7.15. The number of aromatic carboxylic acids is 1. The van der Waals surface area contributed by atoms with Crippen LogP contribution in [0.1, 0.15) is 47.2 Å². The van der Waals surface area contributed by atoms with Gasteiger partial charge >= 0.3 is 12.1 Å². The third-order valence-electron chi connectivity index (χ3n) is 6.37. The number of ether oxygens (including phenoxy) is 1. The molecule has 2 N–H and O–H groups in total. The fourth-order valence-electron chi connectivity index (χ4n) is 4.50. The summed E-state index contributed by atoms with van der Waals surface area (Å²) in [5.41, 5.74) is 5.01. The second-order valence-electron chi connectivity index (χ2n) is 8.68. The summed E-state index contributed by atoms with van der Waals surface area (Å²) in [6.07, 6.45) is 0.00844. The Hall–Kier alpha value is -4.13. The SMILES string of the molecule is CC(CCC(=O)N(C)c1ccccc1C(=O)O)NC(=O)OCC1c2ccccc2-c2ccccc21. The van der Waals surface area contributed by atoms with Crippen LogP contribution in [0.5, 0.6) is 0 Å². The number of carbonyl (C=O) groups excluding carboxylic acids is 2. The maximum absolute atomic E-state index is 12.6. The normalized spacial score (nSPS) is 12.9.